The van der Waals surface area contributed by atoms with Gasteiger partial charge in [-0.25, -0.2) is 9.59 Å². The summed E-state index contributed by atoms with van der Waals surface area (Å²) in [6, 6.07) is 16.0. The van der Waals surface area contributed by atoms with Crippen LogP contribution in [0.15, 0.2) is 61.2 Å². The second-order valence-electron chi connectivity index (χ2n) is 12.9. The predicted molar refractivity (Wildman–Crippen MR) is 162 cm³/mol. The van der Waals surface area contributed by atoms with E-state index in [9.17, 15) is 9.59 Å². The van der Waals surface area contributed by atoms with Crippen molar-refractivity contribution in [1.82, 2.24) is 4.90 Å². The minimum absolute atomic E-state index is 0.211. The number of esters is 2. The van der Waals surface area contributed by atoms with Crippen LogP contribution in [0.1, 0.15) is 93.8 Å². The summed E-state index contributed by atoms with van der Waals surface area (Å²) in [6.07, 6.45) is 4.55. The van der Waals surface area contributed by atoms with Crippen molar-refractivity contribution >= 4 is 11.9 Å². The molecule has 1 aliphatic rings. The number of aryl methyl sites for hydroxylation is 1. The summed E-state index contributed by atoms with van der Waals surface area (Å²) in [5, 5.41) is 0. The van der Waals surface area contributed by atoms with Crippen molar-refractivity contribution in [2.45, 2.75) is 90.9 Å². The Labute approximate surface area is 241 Å². The van der Waals surface area contributed by atoms with E-state index in [1.807, 2.05) is 65.7 Å². The van der Waals surface area contributed by atoms with Gasteiger partial charge in [0.2, 0.25) is 0 Å². The Bertz CT molecular complexity index is 1180. The van der Waals surface area contributed by atoms with Crippen molar-refractivity contribution in [1.29, 1.82) is 0 Å². The zero-order valence-corrected chi connectivity index (χ0v) is 26.0. The molecule has 40 heavy (non-hydrogen) atoms. The van der Waals surface area contributed by atoms with E-state index >= 15 is 0 Å². The minimum Gasteiger partial charge on any atom is -0.460 e. The van der Waals surface area contributed by atoms with Crippen molar-refractivity contribution in [3.05, 3.63) is 83.4 Å². The van der Waals surface area contributed by atoms with Gasteiger partial charge in [-0.15, -0.1) is 6.58 Å². The molecule has 3 rings (SSSR count). The van der Waals surface area contributed by atoms with Crippen LogP contribution in [0.2, 0.25) is 0 Å². The van der Waals surface area contributed by atoms with Gasteiger partial charge in [-0.05, 0) is 95.3 Å². The second kappa shape index (κ2) is 12.7. The zero-order valence-electron chi connectivity index (χ0n) is 26.0. The van der Waals surface area contributed by atoms with Gasteiger partial charge in [-0.3, -0.25) is 4.90 Å². The molecule has 5 heteroatoms. The number of carbonyl (C=O) groups excluding carboxylic acids is 2. The number of rotatable bonds is 9. The molecule has 0 amide bonds. The summed E-state index contributed by atoms with van der Waals surface area (Å²) >= 11 is 0. The van der Waals surface area contributed by atoms with Crippen molar-refractivity contribution < 1.29 is 19.1 Å². The normalized spacial score (nSPS) is 22.6. The van der Waals surface area contributed by atoms with E-state index in [1.54, 1.807) is 18.2 Å². The van der Waals surface area contributed by atoms with E-state index < -0.39 is 17.1 Å². The fourth-order valence-electron chi connectivity index (χ4n) is 6.33. The van der Waals surface area contributed by atoms with Gasteiger partial charge in [0.25, 0.3) is 0 Å². The maximum atomic E-state index is 14.6. The molecule has 5 nitrogen and oxygen atoms in total. The first kappa shape index (κ1) is 31.6. The lowest BCUT2D eigenvalue weighted by molar-refractivity contribution is -0.172. The summed E-state index contributed by atoms with van der Waals surface area (Å²) in [5.74, 6) is -0.0732. The third-order valence-corrected chi connectivity index (χ3v) is 8.64. The highest BCUT2D eigenvalue weighted by Crippen LogP contribution is 2.44. The molecule has 1 fully saturated rings. The first-order chi connectivity index (χ1) is 18.7. The number of ether oxygens (including phenoxy) is 2. The van der Waals surface area contributed by atoms with Crippen LogP contribution in [-0.2, 0) is 19.8 Å². The third-order valence-electron chi connectivity index (χ3n) is 8.64. The quantitative estimate of drug-likeness (QED) is 0.238. The molecule has 2 aromatic rings. The molecule has 0 heterocycles. The van der Waals surface area contributed by atoms with Crippen LogP contribution in [0.5, 0.6) is 0 Å². The Balaban J connectivity index is 2.08. The van der Waals surface area contributed by atoms with Crippen LogP contribution >= 0.6 is 0 Å². The van der Waals surface area contributed by atoms with Crippen molar-refractivity contribution in [2.24, 2.45) is 17.8 Å². The van der Waals surface area contributed by atoms with Crippen molar-refractivity contribution in [3.63, 3.8) is 0 Å². The van der Waals surface area contributed by atoms with Crippen LogP contribution < -0.4 is 0 Å². The van der Waals surface area contributed by atoms with E-state index in [1.165, 1.54) is 5.56 Å². The predicted octanol–water partition coefficient (Wildman–Crippen LogP) is 7.68. The lowest BCUT2D eigenvalue weighted by Gasteiger charge is -2.45. The van der Waals surface area contributed by atoms with E-state index in [2.05, 4.69) is 44.7 Å². The zero-order chi connectivity index (χ0) is 29.8. The third kappa shape index (κ3) is 6.68. The monoisotopic (exact) mass is 547 g/mol. The standard InChI is InChI=1S/C35H49NO4/c1-11-25(4)35(36(9)10,30-22-28(19-18-24(30)3)32(37)40-34(6,7)8)33(38)39-31-21-23(2)17-20-29(31)26(5)27-15-13-12-14-16-27/h11-16,18-19,22-23,25-26,29,31H,1,17,20-21H2,2-10H3/t23-,25-,26?,29+,31-,35-/m1/s1. The van der Waals surface area contributed by atoms with Crippen LogP contribution in [0, 0.1) is 24.7 Å². The highest BCUT2D eigenvalue weighted by Gasteiger charge is 2.50. The van der Waals surface area contributed by atoms with Gasteiger partial charge in [-0.2, -0.15) is 0 Å². The highest BCUT2D eigenvalue weighted by atomic mass is 16.6. The van der Waals surface area contributed by atoms with Gasteiger partial charge in [0, 0.05) is 11.8 Å². The molecule has 1 aliphatic carbocycles. The van der Waals surface area contributed by atoms with E-state index in [0.717, 1.165) is 30.4 Å². The minimum atomic E-state index is -1.18. The molecule has 6 atom stereocenters. The molecule has 2 aromatic carbocycles. The lowest BCUT2D eigenvalue weighted by Crippen LogP contribution is -2.55. The molecular weight excluding hydrogens is 498 g/mol. The fraction of sp³-hybridized carbons (Fsp3) is 0.543. The molecule has 1 saturated carbocycles. The molecule has 218 valence electrons. The van der Waals surface area contributed by atoms with Gasteiger partial charge >= 0.3 is 11.9 Å². The number of likely N-dealkylation sites (N-methyl/N-ethyl adjacent to an activating group) is 1. The summed E-state index contributed by atoms with van der Waals surface area (Å²) in [7, 11) is 3.79. The second-order valence-corrected chi connectivity index (χ2v) is 12.9. The molecule has 0 radical (unpaired) electrons. The van der Waals surface area contributed by atoms with Crippen LogP contribution in [-0.4, -0.2) is 42.6 Å². The molecule has 1 unspecified atom stereocenters. The number of nitrogens with zero attached hydrogens (tertiary/aromatic N) is 1. The Morgan fingerprint density at radius 1 is 1.05 bits per heavy atom. The van der Waals surface area contributed by atoms with Crippen LogP contribution in [0.3, 0.4) is 0 Å². The maximum Gasteiger partial charge on any atom is 0.338 e. The largest absolute Gasteiger partial charge is 0.460 e. The number of hydrogen-bond donors (Lipinski definition) is 0. The van der Waals surface area contributed by atoms with Gasteiger partial charge in [0.15, 0.2) is 5.54 Å². The summed E-state index contributed by atoms with van der Waals surface area (Å²) in [5.41, 5.74) is 1.50. The van der Waals surface area contributed by atoms with Crippen LogP contribution in [0.25, 0.3) is 0 Å². The Morgan fingerprint density at radius 3 is 2.27 bits per heavy atom. The molecule has 0 saturated heterocycles. The molecular formula is C35H49NO4. The number of hydrogen-bond acceptors (Lipinski definition) is 5. The summed E-state index contributed by atoms with van der Waals surface area (Å²) < 4.78 is 12.3. The number of carbonyl (C=O) groups is 2. The molecule has 0 spiro atoms. The van der Waals surface area contributed by atoms with Crippen molar-refractivity contribution in [2.75, 3.05) is 14.1 Å². The smallest absolute Gasteiger partial charge is 0.338 e. The SMILES string of the molecule is C=C[C@@H](C)[C@](C(=O)O[C@@H]1C[C@H](C)CC[C@H]1C(C)c1ccccc1)(c1cc(C(=O)OC(C)(C)C)ccc1C)N(C)C. The summed E-state index contributed by atoms with van der Waals surface area (Å²) in [6.45, 7) is 18.1. The molecule has 0 aromatic heterocycles. The number of benzene rings is 2. The fourth-order valence-corrected chi connectivity index (χ4v) is 6.33. The molecule has 0 N–H and O–H groups in total. The van der Waals surface area contributed by atoms with E-state index in [-0.39, 0.29) is 29.8 Å². The van der Waals surface area contributed by atoms with Gasteiger partial charge in [0.1, 0.15) is 11.7 Å². The Hall–Kier alpha value is -2.92. The Morgan fingerprint density at radius 2 is 1.70 bits per heavy atom. The van der Waals surface area contributed by atoms with E-state index in [4.69, 9.17) is 9.47 Å². The Kier molecular flexibility index (Phi) is 10.1. The van der Waals surface area contributed by atoms with Gasteiger partial charge in [0.05, 0.1) is 5.56 Å². The van der Waals surface area contributed by atoms with Crippen LogP contribution in [0.4, 0.5) is 0 Å². The molecule has 0 aliphatic heterocycles. The highest BCUT2D eigenvalue weighted by molar-refractivity contribution is 5.91. The average Bonchev–Trinajstić information content (AvgIpc) is 2.89. The average molecular weight is 548 g/mol. The topological polar surface area (TPSA) is 55.8 Å². The lowest BCUT2D eigenvalue weighted by atomic mass is 9.72. The van der Waals surface area contributed by atoms with Gasteiger partial charge < -0.3 is 9.47 Å². The van der Waals surface area contributed by atoms with Gasteiger partial charge in [-0.1, -0.05) is 69.7 Å². The van der Waals surface area contributed by atoms with E-state index in [0.29, 0.717) is 11.5 Å². The van der Waals surface area contributed by atoms with Crippen molar-refractivity contribution in [3.8, 4) is 0 Å². The molecule has 0 bridgehead atoms. The maximum absolute atomic E-state index is 14.6. The summed E-state index contributed by atoms with van der Waals surface area (Å²) in [4.78, 5) is 29.6. The first-order valence-corrected chi connectivity index (χ1v) is 14.6. The first-order valence-electron chi connectivity index (χ1n) is 14.6.